The molecule has 0 unspecified atom stereocenters. The van der Waals surface area contributed by atoms with Crippen LogP contribution in [0.5, 0.6) is 0 Å². The molecule has 0 radical (unpaired) electrons. The highest BCUT2D eigenvalue weighted by molar-refractivity contribution is 5.83. The van der Waals surface area contributed by atoms with Gasteiger partial charge < -0.3 is 5.73 Å². The first-order valence-corrected chi connectivity index (χ1v) is 6.97. The van der Waals surface area contributed by atoms with Crippen LogP contribution in [0.4, 0.5) is 0 Å². The normalized spacial score (nSPS) is 23.9. The molecule has 0 saturated heterocycles. The van der Waals surface area contributed by atoms with E-state index in [2.05, 4.69) is 31.2 Å². The average Bonchev–Trinajstić information content (AvgIpc) is 2.41. The molecule has 1 aliphatic carbocycles. The summed E-state index contributed by atoms with van der Waals surface area (Å²) in [6.07, 6.45) is 4.92. The third kappa shape index (κ3) is 3.42. The van der Waals surface area contributed by atoms with Crippen molar-refractivity contribution in [3.63, 3.8) is 0 Å². The van der Waals surface area contributed by atoms with Crippen molar-refractivity contribution in [3.05, 3.63) is 35.4 Å². The summed E-state index contributed by atoms with van der Waals surface area (Å²) in [5.74, 6) is 1.33. The van der Waals surface area contributed by atoms with E-state index >= 15 is 0 Å². The predicted molar refractivity (Wildman–Crippen MR) is 74.4 cm³/mol. The molecule has 98 valence electrons. The third-order valence-corrected chi connectivity index (χ3v) is 4.13. The minimum Gasteiger partial charge on any atom is -0.330 e. The Kier molecular flexibility index (Phi) is 4.54. The monoisotopic (exact) mass is 245 g/mol. The molecule has 2 N–H and O–H groups in total. The maximum Gasteiger partial charge on any atom is 0.140 e. The maximum absolute atomic E-state index is 12.2. The first-order chi connectivity index (χ1) is 8.69. The molecule has 0 aliphatic heterocycles. The van der Waals surface area contributed by atoms with Crippen molar-refractivity contribution in [2.75, 3.05) is 6.54 Å². The van der Waals surface area contributed by atoms with E-state index in [4.69, 9.17) is 5.73 Å². The minimum atomic E-state index is 0.272. The number of nitrogens with two attached hydrogens (primary N) is 1. The van der Waals surface area contributed by atoms with E-state index in [1.54, 1.807) is 0 Å². The van der Waals surface area contributed by atoms with Gasteiger partial charge in [0.15, 0.2) is 0 Å². The van der Waals surface area contributed by atoms with Crippen molar-refractivity contribution in [2.45, 2.75) is 39.0 Å². The highest BCUT2D eigenvalue weighted by atomic mass is 16.1. The fourth-order valence-electron chi connectivity index (χ4n) is 2.77. The molecule has 1 fully saturated rings. The summed E-state index contributed by atoms with van der Waals surface area (Å²) in [7, 11) is 0. The van der Waals surface area contributed by atoms with Crippen LogP contribution in [0.25, 0.3) is 0 Å². The van der Waals surface area contributed by atoms with Crippen LogP contribution < -0.4 is 5.73 Å². The second kappa shape index (κ2) is 6.14. The van der Waals surface area contributed by atoms with E-state index in [-0.39, 0.29) is 5.92 Å². The number of ketones is 1. The van der Waals surface area contributed by atoms with Crippen molar-refractivity contribution in [2.24, 2.45) is 17.6 Å². The van der Waals surface area contributed by atoms with Gasteiger partial charge in [-0.2, -0.15) is 0 Å². The lowest BCUT2D eigenvalue weighted by Gasteiger charge is -2.26. The van der Waals surface area contributed by atoms with E-state index in [0.717, 1.165) is 37.8 Å². The van der Waals surface area contributed by atoms with E-state index in [0.29, 0.717) is 18.1 Å². The zero-order chi connectivity index (χ0) is 13.0. The number of carbonyl (C=O) groups excluding carboxylic acids is 1. The van der Waals surface area contributed by atoms with Gasteiger partial charge in [-0.3, -0.25) is 4.79 Å². The maximum atomic E-state index is 12.2. The summed E-state index contributed by atoms with van der Waals surface area (Å²) >= 11 is 0. The van der Waals surface area contributed by atoms with Gasteiger partial charge in [-0.25, -0.2) is 0 Å². The van der Waals surface area contributed by atoms with Gasteiger partial charge in [-0.05, 0) is 50.6 Å². The van der Waals surface area contributed by atoms with Crippen LogP contribution in [-0.2, 0) is 11.2 Å². The standard InChI is InChI=1S/C16H23NO/c1-12-2-4-13(5-3-12)10-16(18)15-8-6-14(11-17)7-9-15/h2-5,14-15H,6-11,17H2,1H3. The van der Waals surface area contributed by atoms with Crippen molar-refractivity contribution < 1.29 is 4.79 Å². The van der Waals surface area contributed by atoms with Gasteiger partial charge in [0, 0.05) is 12.3 Å². The molecule has 2 heteroatoms. The average molecular weight is 245 g/mol. The van der Waals surface area contributed by atoms with Crippen LogP contribution in [0.1, 0.15) is 36.8 Å². The second-order valence-corrected chi connectivity index (χ2v) is 5.58. The summed E-state index contributed by atoms with van der Waals surface area (Å²) in [4.78, 5) is 12.2. The summed E-state index contributed by atoms with van der Waals surface area (Å²) in [5.41, 5.74) is 8.07. The van der Waals surface area contributed by atoms with Gasteiger partial charge in [-0.15, -0.1) is 0 Å². The number of aryl methyl sites for hydroxylation is 1. The van der Waals surface area contributed by atoms with Crippen molar-refractivity contribution >= 4 is 5.78 Å². The van der Waals surface area contributed by atoms with E-state index in [9.17, 15) is 4.79 Å². The lowest BCUT2D eigenvalue weighted by atomic mass is 9.79. The van der Waals surface area contributed by atoms with Crippen LogP contribution in [0, 0.1) is 18.8 Å². The molecular formula is C16H23NO. The molecular weight excluding hydrogens is 222 g/mol. The molecule has 0 heterocycles. The largest absolute Gasteiger partial charge is 0.330 e. The highest BCUT2D eigenvalue weighted by Gasteiger charge is 2.25. The predicted octanol–water partition coefficient (Wildman–Crippen LogP) is 2.87. The third-order valence-electron chi connectivity index (χ3n) is 4.13. The van der Waals surface area contributed by atoms with Crippen LogP contribution in [0.2, 0.25) is 0 Å². The van der Waals surface area contributed by atoms with E-state index in [1.165, 1.54) is 5.56 Å². The van der Waals surface area contributed by atoms with Crippen LogP contribution in [0.3, 0.4) is 0 Å². The summed E-state index contributed by atoms with van der Waals surface area (Å²) in [5, 5.41) is 0. The molecule has 18 heavy (non-hydrogen) atoms. The van der Waals surface area contributed by atoms with Crippen LogP contribution in [-0.4, -0.2) is 12.3 Å². The number of Topliss-reactive ketones (excluding diaryl/α,β-unsaturated/α-hetero) is 1. The van der Waals surface area contributed by atoms with Gasteiger partial charge in [-0.1, -0.05) is 29.8 Å². The van der Waals surface area contributed by atoms with Crippen molar-refractivity contribution in [3.8, 4) is 0 Å². The molecule has 1 aromatic rings. The first-order valence-electron chi connectivity index (χ1n) is 6.97. The van der Waals surface area contributed by atoms with Crippen molar-refractivity contribution in [1.29, 1.82) is 0 Å². The molecule has 0 atom stereocenters. The Labute approximate surface area is 110 Å². The van der Waals surface area contributed by atoms with Gasteiger partial charge in [0.25, 0.3) is 0 Å². The zero-order valence-electron chi connectivity index (χ0n) is 11.2. The fourth-order valence-corrected chi connectivity index (χ4v) is 2.77. The lowest BCUT2D eigenvalue weighted by molar-refractivity contribution is -0.123. The molecule has 0 aromatic heterocycles. The quantitative estimate of drug-likeness (QED) is 0.886. The molecule has 2 rings (SSSR count). The highest BCUT2D eigenvalue weighted by Crippen LogP contribution is 2.29. The molecule has 1 saturated carbocycles. The Morgan fingerprint density at radius 1 is 1.17 bits per heavy atom. The van der Waals surface area contributed by atoms with E-state index < -0.39 is 0 Å². The van der Waals surface area contributed by atoms with Gasteiger partial charge >= 0.3 is 0 Å². The molecule has 2 nitrogen and oxygen atoms in total. The van der Waals surface area contributed by atoms with E-state index in [1.807, 2.05) is 0 Å². The number of hydrogen-bond acceptors (Lipinski definition) is 2. The SMILES string of the molecule is Cc1ccc(CC(=O)C2CCC(CN)CC2)cc1. The molecule has 0 amide bonds. The fraction of sp³-hybridized carbons (Fsp3) is 0.562. The molecule has 0 bridgehead atoms. The number of hydrogen-bond donors (Lipinski definition) is 1. The molecule has 0 spiro atoms. The Morgan fingerprint density at radius 3 is 2.33 bits per heavy atom. The number of rotatable bonds is 4. The Balaban J connectivity index is 1.87. The second-order valence-electron chi connectivity index (χ2n) is 5.58. The topological polar surface area (TPSA) is 43.1 Å². The molecule has 1 aromatic carbocycles. The van der Waals surface area contributed by atoms with Crippen LogP contribution in [0.15, 0.2) is 24.3 Å². The van der Waals surface area contributed by atoms with Crippen molar-refractivity contribution in [1.82, 2.24) is 0 Å². The minimum absolute atomic E-state index is 0.272. The summed E-state index contributed by atoms with van der Waals surface area (Å²) in [6.45, 7) is 2.85. The Morgan fingerprint density at radius 2 is 1.78 bits per heavy atom. The Hall–Kier alpha value is -1.15. The van der Waals surface area contributed by atoms with Gasteiger partial charge in [0.2, 0.25) is 0 Å². The first kappa shape index (κ1) is 13.3. The summed E-state index contributed by atoms with van der Waals surface area (Å²) < 4.78 is 0. The number of carbonyl (C=O) groups is 1. The van der Waals surface area contributed by atoms with Gasteiger partial charge in [0.05, 0.1) is 0 Å². The Bertz CT molecular complexity index is 388. The van der Waals surface area contributed by atoms with Gasteiger partial charge in [0.1, 0.15) is 5.78 Å². The van der Waals surface area contributed by atoms with Crippen LogP contribution >= 0.6 is 0 Å². The smallest absolute Gasteiger partial charge is 0.140 e. The molecule has 1 aliphatic rings. The zero-order valence-corrected chi connectivity index (χ0v) is 11.2. The summed E-state index contributed by atoms with van der Waals surface area (Å²) in [6, 6.07) is 8.29. The number of benzene rings is 1. The lowest BCUT2D eigenvalue weighted by Crippen LogP contribution is -2.26.